The zero-order chi connectivity index (χ0) is 12.7. The predicted molar refractivity (Wildman–Crippen MR) is 77.2 cm³/mol. The van der Waals surface area contributed by atoms with Gasteiger partial charge in [0.1, 0.15) is 0 Å². The molecule has 0 amide bonds. The van der Waals surface area contributed by atoms with Crippen LogP contribution in [0.1, 0.15) is 0 Å². The highest BCUT2D eigenvalue weighted by Gasteiger charge is 2.17. The van der Waals surface area contributed by atoms with Crippen molar-refractivity contribution in [2.45, 2.75) is 0 Å². The van der Waals surface area contributed by atoms with Gasteiger partial charge in [-0.2, -0.15) is 0 Å². The minimum absolute atomic E-state index is 0.763. The molecule has 2 nitrogen and oxygen atoms in total. The number of benzene rings is 1. The average molecular weight is 266 g/mol. The summed E-state index contributed by atoms with van der Waals surface area (Å²) in [6.07, 6.45) is 1.66. The van der Waals surface area contributed by atoms with E-state index in [1.807, 2.05) is 30.3 Å². The molecule has 19 heavy (non-hydrogen) atoms. The van der Waals surface area contributed by atoms with Gasteiger partial charge in [0, 0.05) is 10.8 Å². The first-order chi connectivity index (χ1) is 9.43. The molecule has 0 bridgehead atoms. The van der Waals surface area contributed by atoms with Gasteiger partial charge in [0.2, 0.25) is 0 Å². The molecule has 0 atom stereocenters. The Bertz CT molecular complexity index is 740. The summed E-state index contributed by atoms with van der Waals surface area (Å²) in [6.45, 7) is 0. The van der Waals surface area contributed by atoms with Crippen LogP contribution in [0.15, 0.2) is 69.0 Å². The van der Waals surface area contributed by atoms with Crippen LogP contribution in [0.2, 0.25) is 0 Å². The Morgan fingerprint density at radius 1 is 0.789 bits per heavy atom. The molecule has 0 saturated carbocycles. The van der Waals surface area contributed by atoms with Crippen LogP contribution in [0.4, 0.5) is 0 Å². The summed E-state index contributed by atoms with van der Waals surface area (Å²) in [5.41, 5.74) is 0. The van der Waals surface area contributed by atoms with Gasteiger partial charge in [-0.15, -0.1) is 11.3 Å². The molecule has 0 N–H and O–H groups in total. The predicted octanol–water partition coefficient (Wildman–Crippen LogP) is 5.42. The fourth-order valence-corrected chi connectivity index (χ4v) is 2.99. The van der Waals surface area contributed by atoms with Crippen LogP contribution in [0, 0.1) is 0 Å². The van der Waals surface area contributed by atoms with E-state index < -0.39 is 0 Å². The average Bonchev–Trinajstić information content (AvgIpc) is 3.18. The second-order valence-corrected chi connectivity index (χ2v) is 5.21. The SMILES string of the molecule is c1coc(-c2oc(-c3cccs3)c3ccccc23)c1. The zero-order valence-corrected chi connectivity index (χ0v) is 10.8. The van der Waals surface area contributed by atoms with Crippen LogP contribution in [0.5, 0.6) is 0 Å². The molecule has 0 aliphatic carbocycles. The smallest absolute Gasteiger partial charge is 0.177 e. The molecule has 3 heterocycles. The molecule has 1 aromatic carbocycles. The van der Waals surface area contributed by atoms with Crippen LogP contribution >= 0.6 is 11.3 Å². The van der Waals surface area contributed by atoms with Crippen LogP contribution in [0.25, 0.3) is 32.9 Å². The molecular weight excluding hydrogens is 256 g/mol. The highest BCUT2D eigenvalue weighted by molar-refractivity contribution is 7.13. The fraction of sp³-hybridized carbons (Fsp3) is 0. The molecule has 0 saturated heterocycles. The minimum Gasteiger partial charge on any atom is -0.461 e. The van der Waals surface area contributed by atoms with E-state index in [-0.39, 0.29) is 0 Å². The Labute approximate surface area is 113 Å². The number of rotatable bonds is 2. The summed E-state index contributed by atoms with van der Waals surface area (Å²) < 4.78 is 11.5. The lowest BCUT2D eigenvalue weighted by Crippen LogP contribution is -1.69. The molecular formula is C16H10O2S. The van der Waals surface area contributed by atoms with Crippen molar-refractivity contribution in [3.63, 3.8) is 0 Å². The van der Waals surface area contributed by atoms with E-state index in [1.165, 1.54) is 0 Å². The number of hydrogen-bond donors (Lipinski definition) is 0. The summed E-state index contributed by atoms with van der Waals surface area (Å²) in [6, 6.07) is 16.1. The Morgan fingerprint density at radius 2 is 1.63 bits per heavy atom. The van der Waals surface area contributed by atoms with Crippen molar-refractivity contribution in [2.75, 3.05) is 0 Å². The van der Waals surface area contributed by atoms with E-state index in [0.29, 0.717) is 0 Å². The third kappa shape index (κ3) is 1.63. The molecule has 0 aliphatic heterocycles. The van der Waals surface area contributed by atoms with Gasteiger partial charge in [-0.25, -0.2) is 0 Å². The van der Waals surface area contributed by atoms with Crippen molar-refractivity contribution in [3.8, 4) is 22.2 Å². The lowest BCUT2D eigenvalue weighted by molar-refractivity contribution is 0.534. The molecule has 92 valence electrons. The number of fused-ring (bicyclic) bond motifs is 1. The van der Waals surface area contributed by atoms with Crippen LogP contribution in [-0.4, -0.2) is 0 Å². The molecule has 0 unspecified atom stereocenters. The van der Waals surface area contributed by atoms with Crippen molar-refractivity contribution < 1.29 is 8.83 Å². The Balaban J connectivity index is 2.06. The van der Waals surface area contributed by atoms with Gasteiger partial charge in [-0.1, -0.05) is 30.3 Å². The molecule has 3 aromatic heterocycles. The number of furan rings is 2. The van der Waals surface area contributed by atoms with Gasteiger partial charge in [-0.05, 0) is 23.6 Å². The summed E-state index contributed by atoms with van der Waals surface area (Å²) in [5, 5.41) is 4.26. The van der Waals surface area contributed by atoms with Gasteiger partial charge >= 0.3 is 0 Å². The number of hydrogen-bond acceptors (Lipinski definition) is 3. The number of thiophene rings is 1. The van der Waals surface area contributed by atoms with E-state index in [1.54, 1.807) is 17.6 Å². The van der Waals surface area contributed by atoms with Gasteiger partial charge in [0.05, 0.1) is 11.1 Å². The Morgan fingerprint density at radius 3 is 2.32 bits per heavy atom. The lowest BCUT2D eigenvalue weighted by atomic mass is 10.1. The second kappa shape index (κ2) is 4.14. The molecule has 4 rings (SSSR count). The third-order valence-corrected chi connectivity index (χ3v) is 3.98. The summed E-state index contributed by atoms with van der Waals surface area (Å²) in [7, 11) is 0. The largest absolute Gasteiger partial charge is 0.461 e. The van der Waals surface area contributed by atoms with Gasteiger partial charge < -0.3 is 8.83 Å². The quantitative estimate of drug-likeness (QED) is 0.484. The van der Waals surface area contributed by atoms with Crippen molar-refractivity contribution in [3.05, 3.63) is 60.2 Å². The highest BCUT2D eigenvalue weighted by atomic mass is 32.1. The molecule has 0 radical (unpaired) electrons. The van der Waals surface area contributed by atoms with Crippen molar-refractivity contribution >= 4 is 22.1 Å². The maximum atomic E-state index is 6.07. The minimum atomic E-state index is 0.763. The molecule has 0 fully saturated rings. The maximum Gasteiger partial charge on any atom is 0.177 e. The summed E-state index contributed by atoms with van der Waals surface area (Å²) in [5.74, 6) is 2.47. The Hall–Kier alpha value is -2.26. The third-order valence-electron chi connectivity index (χ3n) is 3.11. The maximum absolute atomic E-state index is 6.07. The van der Waals surface area contributed by atoms with Crippen LogP contribution in [0.3, 0.4) is 0 Å². The van der Waals surface area contributed by atoms with Crippen molar-refractivity contribution in [1.82, 2.24) is 0 Å². The topological polar surface area (TPSA) is 26.3 Å². The second-order valence-electron chi connectivity index (χ2n) is 4.26. The van der Waals surface area contributed by atoms with Crippen LogP contribution in [-0.2, 0) is 0 Å². The van der Waals surface area contributed by atoms with Gasteiger partial charge in [0.25, 0.3) is 0 Å². The first kappa shape index (κ1) is 10.6. The lowest BCUT2D eigenvalue weighted by Gasteiger charge is -1.91. The highest BCUT2D eigenvalue weighted by Crippen LogP contribution is 2.40. The van der Waals surface area contributed by atoms with Crippen LogP contribution < -0.4 is 0 Å². The monoisotopic (exact) mass is 266 g/mol. The standard InChI is InChI=1S/C16H10O2S/c1-2-6-12-11(5-1)15(13-7-3-9-17-13)18-16(12)14-8-4-10-19-14/h1-10H. The summed E-state index contributed by atoms with van der Waals surface area (Å²) >= 11 is 1.68. The van der Waals surface area contributed by atoms with E-state index in [9.17, 15) is 0 Å². The first-order valence-electron chi connectivity index (χ1n) is 6.03. The molecule has 3 heteroatoms. The van der Waals surface area contributed by atoms with E-state index in [4.69, 9.17) is 8.83 Å². The van der Waals surface area contributed by atoms with Gasteiger partial charge in [0.15, 0.2) is 17.3 Å². The zero-order valence-electron chi connectivity index (χ0n) is 10.00. The summed E-state index contributed by atoms with van der Waals surface area (Å²) in [4.78, 5) is 1.13. The molecule has 0 spiro atoms. The fourth-order valence-electron chi connectivity index (χ4n) is 2.27. The molecule has 4 aromatic rings. The van der Waals surface area contributed by atoms with E-state index >= 15 is 0 Å². The Kier molecular flexibility index (Phi) is 2.32. The van der Waals surface area contributed by atoms with E-state index in [2.05, 4.69) is 23.6 Å². The first-order valence-corrected chi connectivity index (χ1v) is 6.91. The van der Waals surface area contributed by atoms with Gasteiger partial charge in [-0.3, -0.25) is 0 Å². The normalized spacial score (nSPS) is 11.2. The van der Waals surface area contributed by atoms with E-state index in [0.717, 1.165) is 32.9 Å². The van der Waals surface area contributed by atoms with Crippen molar-refractivity contribution in [1.29, 1.82) is 0 Å². The van der Waals surface area contributed by atoms with Crippen molar-refractivity contribution in [2.24, 2.45) is 0 Å². The molecule has 0 aliphatic rings.